The lowest BCUT2D eigenvalue weighted by Crippen LogP contribution is -2.43. The molecule has 0 N–H and O–H groups in total. The number of aryl methyl sites for hydroxylation is 2. The Hall–Kier alpha value is -1.53. The van der Waals surface area contributed by atoms with Crippen LogP contribution >= 0.6 is 11.3 Å². The maximum atomic E-state index is 4.56. The minimum absolute atomic E-state index is 0.524. The van der Waals surface area contributed by atoms with E-state index in [1.807, 2.05) is 19.3 Å². The van der Waals surface area contributed by atoms with E-state index in [0.717, 1.165) is 49.0 Å². The molecule has 118 valence electrons. The number of likely N-dealkylation sites (tertiary alicyclic amines) is 1. The smallest absolute Gasteiger partial charge is 0.225 e. The first kappa shape index (κ1) is 15.4. The molecule has 3 heterocycles. The number of hydrogen-bond donors (Lipinski definition) is 0. The van der Waals surface area contributed by atoms with Gasteiger partial charge in [0.2, 0.25) is 5.95 Å². The highest BCUT2D eigenvalue weighted by atomic mass is 32.1. The first-order chi connectivity index (χ1) is 10.6. The molecule has 1 aliphatic rings. The molecule has 6 heteroatoms. The van der Waals surface area contributed by atoms with E-state index in [0.29, 0.717) is 6.04 Å². The molecule has 1 aliphatic heterocycles. The van der Waals surface area contributed by atoms with Crippen LogP contribution in [0.25, 0.3) is 0 Å². The van der Waals surface area contributed by atoms with Crippen molar-refractivity contribution in [1.29, 1.82) is 0 Å². The SMILES string of the molecule is Cc1cnc(N(C)C2CCN(Cc3csc(C)n3)CC2)nc1. The Bertz CT molecular complexity index is 601. The van der Waals surface area contributed by atoms with E-state index in [1.165, 1.54) is 5.69 Å². The van der Waals surface area contributed by atoms with Gasteiger partial charge in [0.15, 0.2) is 0 Å². The lowest BCUT2D eigenvalue weighted by Gasteiger charge is -2.36. The molecule has 0 amide bonds. The minimum Gasteiger partial charge on any atom is -0.341 e. The van der Waals surface area contributed by atoms with Crippen molar-refractivity contribution in [3.63, 3.8) is 0 Å². The highest BCUT2D eigenvalue weighted by molar-refractivity contribution is 7.09. The van der Waals surface area contributed by atoms with E-state index in [4.69, 9.17) is 0 Å². The Balaban J connectivity index is 1.53. The number of anilines is 1. The molecule has 3 rings (SSSR count). The van der Waals surface area contributed by atoms with Crippen LogP contribution in [0.5, 0.6) is 0 Å². The van der Waals surface area contributed by atoms with Gasteiger partial charge in [-0.3, -0.25) is 4.90 Å². The predicted molar refractivity (Wildman–Crippen MR) is 90.3 cm³/mol. The van der Waals surface area contributed by atoms with Gasteiger partial charge in [-0.1, -0.05) is 0 Å². The second-order valence-electron chi connectivity index (χ2n) is 6.04. The molecule has 0 aromatic carbocycles. The summed E-state index contributed by atoms with van der Waals surface area (Å²) in [4.78, 5) is 18.2. The zero-order valence-corrected chi connectivity index (χ0v) is 14.3. The van der Waals surface area contributed by atoms with Crippen molar-refractivity contribution in [3.05, 3.63) is 34.0 Å². The summed E-state index contributed by atoms with van der Waals surface area (Å²) in [6.45, 7) is 7.27. The van der Waals surface area contributed by atoms with Crippen molar-refractivity contribution >= 4 is 17.3 Å². The molecule has 1 saturated heterocycles. The van der Waals surface area contributed by atoms with Crippen molar-refractivity contribution in [2.75, 3.05) is 25.0 Å². The van der Waals surface area contributed by atoms with E-state index in [1.54, 1.807) is 11.3 Å². The molecule has 22 heavy (non-hydrogen) atoms. The number of hydrogen-bond acceptors (Lipinski definition) is 6. The van der Waals surface area contributed by atoms with Gasteiger partial charge in [-0.05, 0) is 32.3 Å². The topological polar surface area (TPSA) is 45.2 Å². The second-order valence-corrected chi connectivity index (χ2v) is 7.10. The second kappa shape index (κ2) is 6.71. The number of rotatable bonds is 4. The Morgan fingerprint density at radius 2 is 1.91 bits per heavy atom. The number of piperidine rings is 1. The van der Waals surface area contributed by atoms with Gasteiger partial charge in [0.1, 0.15) is 0 Å². The van der Waals surface area contributed by atoms with Gasteiger partial charge in [0.05, 0.1) is 10.7 Å². The highest BCUT2D eigenvalue weighted by Gasteiger charge is 2.24. The van der Waals surface area contributed by atoms with E-state index < -0.39 is 0 Å². The Kier molecular flexibility index (Phi) is 4.69. The third-order valence-electron chi connectivity index (χ3n) is 4.24. The van der Waals surface area contributed by atoms with Crippen LogP contribution < -0.4 is 4.90 Å². The molecule has 0 saturated carbocycles. The molecule has 0 unspecified atom stereocenters. The van der Waals surface area contributed by atoms with Crippen LogP contribution in [0.3, 0.4) is 0 Å². The van der Waals surface area contributed by atoms with Crippen LogP contribution in [-0.2, 0) is 6.54 Å². The highest BCUT2D eigenvalue weighted by Crippen LogP contribution is 2.20. The molecule has 1 fully saturated rings. The van der Waals surface area contributed by atoms with E-state index in [-0.39, 0.29) is 0 Å². The summed E-state index contributed by atoms with van der Waals surface area (Å²) in [6, 6.07) is 0.524. The van der Waals surface area contributed by atoms with Gasteiger partial charge in [0.25, 0.3) is 0 Å². The van der Waals surface area contributed by atoms with Gasteiger partial charge in [-0.25, -0.2) is 15.0 Å². The monoisotopic (exact) mass is 317 g/mol. The maximum Gasteiger partial charge on any atom is 0.225 e. The Morgan fingerprint density at radius 1 is 1.23 bits per heavy atom. The van der Waals surface area contributed by atoms with E-state index in [9.17, 15) is 0 Å². The first-order valence-electron chi connectivity index (χ1n) is 7.76. The van der Waals surface area contributed by atoms with E-state index in [2.05, 4.69) is 44.1 Å². The molecule has 0 aliphatic carbocycles. The van der Waals surface area contributed by atoms with Crippen molar-refractivity contribution in [1.82, 2.24) is 19.9 Å². The third kappa shape index (κ3) is 3.62. The van der Waals surface area contributed by atoms with Crippen molar-refractivity contribution in [3.8, 4) is 0 Å². The minimum atomic E-state index is 0.524. The average molecular weight is 317 g/mol. The fourth-order valence-electron chi connectivity index (χ4n) is 2.91. The van der Waals surface area contributed by atoms with Gasteiger partial charge in [-0.15, -0.1) is 11.3 Å². The van der Waals surface area contributed by atoms with Crippen molar-refractivity contribution in [2.45, 2.75) is 39.3 Å². The predicted octanol–water partition coefficient (Wildman–Crippen LogP) is 2.65. The number of nitrogens with zero attached hydrogens (tertiary/aromatic N) is 5. The molecular formula is C16H23N5S. The third-order valence-corrected chi connectivity index (χ3v) is 5.06. The number of thiazole rings is 1. The standard InChI is InChI=1S/C16H23N5S/c1-12-8-17-16(18-9-12)20(3)15-4-6-21(7-5-15)10-14-11-22-13(2)19-14/h8-9,11,15H,4-7,10H2,1-3H3. The molecule has 0 spiro atoms. The molecule has 2 aromatic heterocycles. The summed E-state index contributed by atoms with van der Waals surface area (Å²) in [6.07, 6.45) is 6.07. The van der Waals surface area contributed by atoms with Crippen LogP contribution in [0, 0.1) is 13.8 Å². The van der Waals surface area contributed by atoms with Gasteiger partial charge in [0, 0.05) is 50.5 Å². The van der Waals surface area contributed by atoms with Crippen molar-refractivity contribution in [2.24, 2.45) is 0 Å². The van der Waals surface area contributed by atoms with Gasteiger partial charge in [-0.2, -0.15) is 0 Å². The van der Waals surface area contributed by atoms with Gasteiger partial charge >= 0.3 is 0 Å². The van der Waals surface area contributed by atoms with Crippen LogP contribution in [0.1, 0.15) is 29.1 Å². The summed E-state index contributed by atoms with van der Waals surface area (Å²) in [5.41, 5.74) is 2.31. The Labute approximate surface area is 136 Å². The molecule has 0 bridgehead atoms. The lowest BCUT2D eigenvalue weighted by molar-refractivity contribution is 0.201. The maximum absolute atomic E-state index is 4.56. The van der Waals surface area contributed by atoms with Crippen LogP contribution in [-0.4, -0.2) is 46.0 Å². The van der Waals surface area contributed by atoms with Crippen molar-refractivity contribution < 1.29 is 0 Å². The summed E-state index contributed by atoms with van der Waals surface area (Å²) < 4.78 is 0. The normalized spacial score (nSPS) is 16.9. The van der Waals surface area contributed by atoms with Crippen LogP contribution in [0.15, 0.2) is 17.8 Å². The fourth-order valence-corrected chi connectivity index (χ4v) is 3.51. The Morgan fingerprint density at radius 3 is 2.50 bits per heavy atom. The van der Waals surface area contributed by atoms with Crippen LogP contribution in [0.2, 0.25) is 0 Å². The zero-order valence-electron chi connectivity index (χ0n) is 13.5. The number of aromatic nitrogens is 3. The summed E-state index contributed by atoms with van der Waals surface area (Å²) in [7, 11) is 2.11. The van der Waals surface area contributed by atoms with E-state index >= 15 is 0 Å². The molecule has 5 nitrogen and oxygen atoms in total. The fraction of sp³-hybridized carbons (Fsp3) is 0.562. The molecule has 0 radical (unpaired) electrons. The lowest BCUT2D eigenvalue weighted by atomic mass is 10.0. The first-order valence-corrected chi connectivity index (χ1v) is 8.64. The quantitative estimate of drug-likeness (QED) is 0.867. The zero-order chi connectivity index (χ0) is 15.5. The summed E-state index contributed by atoms with van der Waals surface area (Å²) in [5.74, 6) is 0.833. The summed E-state index contributed by atoms with van der Waals surface area (Å²) in [5, 5.41) is 3.33. The molecule has 0 atom stereocenters. The molecule has 2 aromatic rings. The van der Waals surface area contributed by atoms with Gasteiger partial charge < -0.3 is 4.90 Å². The largest absolute Gasteiger partial charge is 0.341 e. The van der Waals surface area contributed by atoms with Crippen LogP contribution in [0.4, 0.5) is 5.95 Å². The summed E-state index contributed by atoms with van der Waals surface area (Å²) >= 11 is 1.73. The average Bonchev–Trinajstić information content (AvgIpc) is 2.93. The molecular weight excluding hydrogens is 294 g/mol.